The van der Waals surface area contributed by atoms with Gasteiger partial charge in [0.05, 0.1) is 18.0 Å². The molecule has 0 bridgehead atoms. The zero-order chi connectivity index (χ0) is 19.0. The van der Waals surface area contributed by atoms with Gasteiger partial charge in [-0.3, -0.25) is 4.40 Å². The first-order chi connectivity index (χ1) is 13.0. The van der Waals surface area contributed by atoms with Crippen LogP contribution in [0.5, 0.6) is 0 Å². The number of anilines is 1. The Morgan fingerprint density at radius 3 is 2.48 bits per heavy atom. The third kappa shape index (κ3) is 3.42. The highest BCUT2D eigenvalue weighted by Gasteiger charge is 2.21. The molecule has 0 amide bonds. The molecular weight excluding hydrogens is 338 g/mol. The fourth-order valence-electron chi connectivity index (χ4n) is 3.65. The zero-order valence-corrected chi connectivity index (χ0v) is 16.2. The molecule has 0 aliphatic carbocycles. The number of benzene rings is 1. The Balaban J connectivity index is 1.67. The van der Waals surface area contributed by atoms with E-state index < -0.39 is 0 Å². The van der Waals surface area contributed by atoms with Crippen LogP contribution in [0.2, 0.25) is 0 Å². The molecule has 2 aromatic heterocycles. The highest BCUT2D eigenvalue weighted by Crippen LogP contribution is 2.28. The average Bonchev–Trinajstić information content (AvgIpc) is 3.12. The third-order valence-electron chi connectivity index (χ3n) is 5.64. The summed E-state index contributed by atoms with van der Waals surface area (Å²) in [6, 6.07) is 9.08. The molecule has 1 saturated heterocycles. The van der Waals surface area contributed by atoms with E-state index in [1.54, 1.807) is 0 Å². The van der Waals surface area contributed by atoms with Crippen molar-refractivity contribution in [2.45, 2.75) is 31.9 Å². The summed E-state index contributed by atoms with van der Waals surface area (Å²) in [5.41, 5.74) is 4.37. The van der Waals surface area contributed by atoms with Crippen molar-refractivity contribution in [3.8, 4) is 11.3 Å². The van der Waals surface area contributed by atoms with Crippen LogP contribution in [0.4, 0.5) is 5.82 Å². The van der Waals surface area contributed by atoms with E-state index in [0.29, 0.717) is 6.04 Å². The van der Waals surface area contributed by atoms with Crippen molar-refractivity contribution in [2.75, 3.05) is 32.1 Å². The number of piperidine rings is 1. The molecule has 3 aromatic rings. The summed E-state index contributed by atoms with van der Waals surface area (Å²) in [5.74, 6) is 0.897. The number of hydrogen-bond donors (Lipinski definition) is 1. The van der Waals surface area contributed by atoms with Gasteiger partial charge in [-0.2, -0.15) is 0 Å². The first-order valence-corrected chi connectivity index (χ1v) is 9.56. The predicted molar refractivity (Wildman–Crippen MR) is 108 cm³/mol. The van der Waals surface area contributed by atoms with Gasteiger partial charge < -0.3 is 14.9 Å². The SMILES string of the molecule is CC(c1ccc(-c2cnc3c(N4CCC(O)CC4)nccn23)cc1)N(C)C. The van der Waals surface area contributed by atoms with Crippen LogP contribution in [-0.2, 0) is 0 Å². The number of hydrogen-bond acceptors (Lipinski definition) is 5. The molecule has 1 aliphatic rings. The Kier molecular flexibility index (Phi) is 4.85. The van der Waals surface area contributed by atoms with Crippen LogP contribution < -0.4 is 4.90 Å². The Morgan fingerprint density at radius 2 is 1.81 bits per heavy atom. The number of nitrogens with zero attached hydrogens (tertiary/aromatic N) is 5. The molecule has 0 radical (unpaired) electrons. The molecular formula is C21H27N5O. The Bertz CT molecular complexity index is 910. The van der Waals surface area contributed by atoms with Gasteiger partial charge in [0.25, 0.3) is 0 Å². The summed E-state index contributed by atoms with van der Waals surface area (Å²) >= 11 is 0. The van der Waals surface area contributed by atoms with Crippen molar-refractivity contribution in [3.05, 3.63) is 48.4 Å². The second-order valence-electron chi connectivity index (χ2n) is 7.57. The van der Waals surface area contributed by atoms with E-state index in [0.717, 1.165) is 48.7 Å². The van der Waals surface area contributed by atoms with Gasteiger partial charge in [0.2, 0.25) is 0 Å². The molecule has 3 heterocycles. The zero-order valence-electron chi connectivity index (χ0n) is 16.2. The number of aliphatic hydroxyl groups excluding tert-OH is 1. The van der Waals surface area contributed by atoms with Crippen molar-refractivity contribution in [3.63, 3.8) is 0 Å². The van der Waals surface area contributed by atoms with Crippen LogP contribution in [0.3, 0.4) is 0 Å². The molecule has 1 unspecified atom stereocenters. The first-order valence-electron chi connectivity index (χ1n) is 9.56. The van der Waals surface area contributed by atoms with Crippen LogP contribution in [0.25, 0.3) is 16.9 Å². The van der Waals surface area contributed by atoms with Gasteiger partial charge in [0.15, 0.2) is 11.5 Å². The van der Waals surface area contributed by atoms with Gasteiger partial charge in [-0.25, -0.2) is 9.97 Å². The van der Waals surface area contributed by atoms with Crippen LogP contribution in [0.1, 0.15) is 31.4 Å². The van der Waals surface area contributed by atoms with Crippen molar-refractivity contribution < 1.29 is 5.11 Å². The molecule has 142 valence electrons. The monoisotopic (exact) mass is 365 g/mol. The summed E-state index contributed by atoms with van der Waals surface area (Å²) in [7, 11) is 4.19. The molecule has 1 aliphatic heterocycles. The lowest BCUT2D eigenvalue weighted by atomic mass is 10.0. The number of imidazole rings is 1. The molecule has 1 N–H and O–H groups in total. The van der Waals surface area contributed by atoms with Crippen molar-refractivity contribution in [1.82, 2.24) is 19.3 Å². The minimum atomic E-state index is -0.195. The lowest BCUT2D eigenvalue weighted by Gasteiger charge is -2.30. The highest BCUT2D eigenvalue weighted by molar-refractivity contribution is 5.71. The van der Waals surface area contributed by atoms with E-state index in [1.807, 2.05) is 18.6 Å². The standard InChI is InChI=1S/C21H27N5O/c1-15(24(2)3)16-4-6-17(7-5-16)19-14-23-21-20(22-10-13-26(19)21)25-11-8-18(27)9-12-25/h4-7,10,13-15,18,27H,8-9,11-12H2,1-3H3. The summed E-state index contributed by atoms with van der Waals surface area (Å²) in [5, 5.41) is 9.76. The average molecular weight is 365 g/mol. The molecule has 0 spiro atoms. The maximum Gasteiger partial charge on any atom is 0.180 e. The smallest absolute Gasteiger partial charge is 0.180 e. The van der Waals surface area contributed by atoms with E-state index in [2.05, 4.69) is 69.5 Å². The van der Waals surface area contributed by atoms with E-state index >= 15 is 0 Å². The van der Waals surface area contributed by atoms with Crippen LogP contribution >= 0.6 is 0 Å². The van der Waals surface area contributed by atoms with Crippen LogP contribution in [0, 0.1) is 0 Å². The van der Waals surface area contributed by atoms with Gasteiger partial charge in [-0.15, -0.1) is 0 Å². The Labute approximate surface area is 160 Å². The Morgan fingerprint density at radius 1 is 1.11 bits per heavy atom. The molecule has 1 atom stereocenters. The molecule has 1 fully saturated rings. The normalized spacial score (nSPS) is 17.0. The molecule has 0 saturated carbocycles. The molecule has 6 nitrogen and oxygen atoms in total. The summed E-state index contributed by atoms with van der Waals surface area (Å²) in [4.78, 5) is 13.7. The predicted octanol–water partition coefficient (Wildman–Crippen LogP) is 2.98. The summed E-state index contributed by atoms with van der Waals surface area (Å²) in [6.07, 6.45) is 7.09. The largest absolute Gasteiger partial charge is 0.393 e. The minimum absolute atomic E-state index is 0.195. The van der Waals surface area contributed by atoms with Gasteiger partial charge in [0, 0.05) is 37.1 Å². The first kappa shape index (κ1) is 17.9. The van der Waals surface area contributed by atoms with Crippen molar-refractivity contribution >= 4 is 11.5 Å². The summed E-state index contributed by atoms with van der Waals surface area (Å²) in [6.45, 7) is 3.83. The van der Waals surface area contributed by atoms with Crippen molar-refractivity contribution in [1.29, 1.82) is 0 Å². The highest BCUT2D eigenvalue weighted by atomic mass is 16.3. The molecule has 1 aromatic carbocycles. The number of aliphatic hydroxyl groups is 1. The fourth-order valence-corrected chi connectivity index (χ4v) is 3.65. The second kappa shape index (κ2) is 7.29. The van der Waals surface area contributed by atoms with Gasteiger partial charge in [-0.05, 0) is 39.4 Å². The van der Waals surface area contributed by atoms with E-state index in [-0.39, 0.29) is 6.10 Å². The molecule has 6 heteroatoms. The minimum Gasteiger partial charge on any atom is -0.393 e. The lowest BCUT2D eigenvalue weighted by molar-refractivity contribution is 0.145. The number of fused-ring (bicyclic) bond motifs is 1. The van der Waals surface area contributed by atoms with Gasteiger partial charge in [0.1, 0.15) is 0 Å². The van der Waals surface area contributed by atoms with Gasteiger partial charge >= 0.3 is 0 Å². The van der Waals surface area contributed by atoms with Crippen molar-refractivity contribution in [2.24, 2.45) is 0 Å². The van der Waals surface area contributed by atoms with E-state index in [4.69, 9.17) is 0 Å². The van der Waals surface area contributed by atoms with Crippen LogP contribution in [-0.4, -0.2) is 57.7 Å². The second-order valence-corrected chi connectivity index (χ2v) is 7.57. The maximum absolute atomic E-state index is 9.76. The fraction of sp³-hybridized carbons (Fsp3) is 0.429. The quantitative estimate of drug-likeness (QED) is 0.770. The van der Waals surface area contributed by atoms with Crippen LogP contribution in [0.15, 0.2) is 42.9 Å². The maximum atomic E-state index is 9.76. The van der Waals surface area contributed by atoms with E-state index in [9.17, 15) is 5.11 Å². The number of rotatable bonds is 4. The Hall–Kier alpha value is -2.44. The van der Waals surface area contributed by atoms with E-state index in [1.165, 1.54) is 5.56 Å². The third-order valence-corrected chi connectivity index (χ3v) is 5.64. The molecule has 4 rings (SSSR count). The lowest BCUT2D eigenvalue weighted by Crippen LogP contribution is -2.36. The molecule has 27 heavy (non-hydrogen) atoms. The van der Waals surface area contributed by atoms with Gasteiger partial charge in [-0.1, -0.05) is 24.3 Å². The topological polar surface area (TPSA) is 56.9 Å². The summed E-state index contributed by atoms with van der Waals surface area (Å²) < 4.78 is 2.11. The number of aromatic nitrogens is 3.